The lowest BCUT2D eigenvalue weighted by molar-refractivity contribution is -0.142. The van der Waals surface area contributed by atoms with Gasteiger partial charge in [-0.25, -0.2) is 9.78 Å². The zero-order valence-corrected chi connectivity index (χ0v) is 15.9. The summed E-state index contributed by atoms with van der Waals surface area (Å²) in [7, 11) is 0. The highest BCUT2D eigenvalue weighted by molar-refractivity contribution is 7.18. The van der Waals surface area contributed by atoms with Crippen LogP contribution in [-0.4, -0.2) is 15.9 Å². The van der Waals surface area contributed by atoms with E-state index in [2.05, 4.69) is 9.97 Å². The zero-order valence-electron chi connectivity index (χ0n) is 15.1. The van der Waals surface area contributed by atoms with E-state index in [-0.39, 0.29) is 5.56 Å². The van der Waals surface area contributed by atoms with Crippen LogP contribution in [0.2, 0.25) is 0 Å². The van der Waals surface area contributed by atoms with Gasteiger partial charge in [0.2, 0.25) is 0 Å². The lowest BCUT2D eigenvalue weighted by Gasteiger charge is -2.11. The van der Waals surface area contributed by atoms with Crippen molar-refractivity contribution in [2.45, 2.75) is 33.8 Å². The Morgan fingerprint density at radius 1 is 1.23 bits per heavy atom. The van der Waals surface area contributed by atoms with Crippen LogP contribution in [0.5, 0.6) is 0 Å². The molecule has 1 aromatic carbocycles. The SMILES string of the molecule is Cc1ccc(/C=C/C(=O)O[C@@H](C)c2nc3sc(C)c(C)c3c(=O)[nH]2)cc1. The van der Waals surface area contributed by atoms with E-state index in [1.54, 1.807) is 13.0 Å². The first-order valence-electron chi connectivity index (χ1n) is 8.30. The fraction of sp³-hybridized carbons (Fsp3) is 0.250. The Labute approximate surface area is 155 Å². The van der Waals surface area contributed by atoms with Crippen molar-refractivity contribution in [2.24, 2.45) is 0 Å². The Balaban J connectivity index is 1.76. The molecule has 3 rings (SSSR count). The van der Waals surface area contributed by atoms with Crippen molar-refractivity contribution in [3.05, 3.63) is 68.1 Å². The lowest BCUT2D eigenvalue weighted by Crippen LogP contribution is -2.16. The highest BCUT2D eigenvalue weighted by atomic mass is 32.1. The van der Waals surface area contributed by atoms with E-state index in [4.69, 9.17) is 4.74 Å². The van der Waals surface area contributed by atoms with Gasteiger partial charge in [0.15, 0.2) is 11.9 Å². The summed E-state index contributed by atoms with van der Waals surface area (Å²) in [6, 6.07) is 7.80. The average Bonchev–Trinajstić information content (AvgIpc) is 2.89. The maximum atomic E-state index is 12.3. The number of benzene rings is 1. The number of carbonyl (C=O) groups is 1. The van der Waals surface area contributed by atoms with Crippen LogP contribution >= 0.6 is 11.3 Å². The number of carbonyl (C=O) groups excluding carboxylic acids is 1. The van der Waals surface area contributed by atoms with E-state index < -0.39 is 12.1 Å². The van der Waals surface area contributed by atoms with Gasteiger partial charge < -0.3 is 9.72 Å². The third-order valence-corrected chi connectivity index (χ3v) is 5.33. The summed E-state index contributed by atoms with van der Waals surface area (Å²) < 4.78 is 5.37. The van der Waals surface area contributed by atoms with Gasteiger partial charge in [-0.3, -0.25) is 4.79 Å². The molecule has 0 aliphatic heterocycles. The molecule has 0 fully saturated rings. The summed E-state index contributed by atoms with van der Waals surface area (Å²) in [6.07, 6.45) is 2.42. The average molecular weight is 368 g/mol. The lowest BCUT2D eigenvalue weighted by atomic mass is 10.1. The van der Waals surface area contributed by atoms with Crippen LogP contribution in [0.1, 0.15) is 40.4 Å². The predicted molar refractivity (Wildman–Crippen MR) is 104 cm³/mol. The maximum Gasteiger partial charge on any atom is 0.331 e. The first-order chi connectivity index (χ1) is 12.3. The number of ether oxygens (including phenoxy) is 1. The van der Waals surface area contributed by atoms with E-state index in [1.807, 2.05) is 45.0 Å². The Bertz CT molecular complexity index is 1050. The summed E-state index contributed by atoms with van der Waals surface area (Å²) in [5.41, 5.74) is 2.81. The molecule has 1 N–H and O–H groups in total. The first kappa shape index (κ1) is 18.1. The van der Waals surface area contributed by atoms with Crippen LogP contribution in [0.3, 0.4) is 0 Å². The number of rotatable bonds is 4. The highest BCUT2D eigenvalue weighted by Gasteiger charge is 2.17. The second kappa shape index (κ2) is 7.25. The van der Waals surface area contributed by atoms with E-state index >= 15 is 0 Å². The molecule has 0 bridgehead atoms. The van der Waals surface area contributed by atoms with Crippen molar-refractivity contribution in [1.82, 2.24) is 9.97 Å². The van der Waals surface area contributed by atoms with Crippen molar-refractivity contribution in [2.75, 3.05) is 0 Å². The van der Waals surface area contributed by atoms with Gasteiger partial charge in [-0.15, -0.1) is 11.3 Å². The third kappa shape index (κ3) is 3.75. The number of nitrogens with one attached hydrogen (secondary N) is 1. The second-order valence-corrected chi connectivity index (χ2v) is 7.44. The standard InChI is InChI=1S/C20H20N2O3S/c1-11-5-7-15(8-6-11)9-10-16(23)25-13(3)18-21-19(24)17-12(2)14(4)26-20(17)22-18/h5-10,13H,1-4H3,(H,21,22,24)/b10-9+/t13-/m0/s1. The largest absolute Gasteiger partial charge is 0.451 e. The maximum absolute atomic E-state index is 12.3. The molecule has 0 spiro atoms. The fourth-order valence-electron chi connectivity index (χ4n) is 2.58. The van der Waals surface area contributed by atoms with Crippen molar-refractivity contribution < 1.29 is 9.53 Å². The van der Waals surface area contributed by atoms with E-state index in [1.165, 1.54) is 17.4 Å². The van der Waals surface area contributed by atoms with Crippen LogP contribution < -0.4 is 5.56 Å². The molecule has 0 aliphatic rings. The van der Waals surface area contributed by atoms with Gasteiger partial charge in [0, 0.05) is 11.0 Å². The topological polar surface area (TPSA) is 72.0 Å². The van der Waals surface area contributed by atoms with Crippen LogP contribution in [0.25, 0.3) is 16.3 Å². The van der Waals surface area contributed by atoms with Gasteiger partial charge in [0.05, 0.1) is 5.39 Å². The smallest absolute Gasteiger partial charge is 0.331 e. The molecular weight excluding hydrogens is 348 g/mol. The molecule has 2 heterocycles. The minimum Gasteiger partial charge on any atom is -0.451 e. The predicted octanol–water partition coefficient (Wildman–Crippen LogP) is 4.23. The number of aryl methyl sites for hydroxylation is 3. The Hall–Kier alpha value is -2.73. The van der Waals surface area contributed by atoms with E-state index in [9.17, 15) is 9.59 Å². The van der Waals surface area contributed by atoms with E-state index in [0.29, 0.717) is 16.0 Å². The number of nitrogens with zero attached hydrogens (tertiary/aromatic N) is 1. The molecule has 3 aromatic rings. The van der Waals surface area contributed by atoms with Crippen molar-refractivity contribution in [3.63, 3.8) is 0 Å². The van der Waals surface area contributed by atoms with Gasteiger partial charge >= 0.3 is 5.97 Å². The number of aromatic nitrogens is 2. The molecule has 1 atom stereocenters. The molecular formula is C20H20N2O3S. The molecule has 6 heteroatoms. The molecule has 0 aliphatic carbocycles. The van der Waals surface area contributed by atoms with Gasteiger partial charge in [-0.05, 0) is 44.9 Å². The van der Waals surface area contributed by atoms with Crippen LogP contribution in [0.15, 0.2) is 35.1 Å². The molecule has 0 unspecified atom stereocenters. The number of fused-ring (bicyclic) bond motifs is 1. The normalized spacial score (nSPS) is 12.6. The fourth-order valence-corrected chi connectivity index (χ4v) is 3.61. The summed E-state index contributed by atoms with van der Waals surface area (Å²) in [5, 5.41) is 0.606. The number of hydrogen-bond acceptors (Lipinski definition) is 5. The quantitative estimate of drug-likeness (QED) is 0.553. The molecule has 0 amide bonds. The number of thiophene rings is 1. The Morgan fingerprint density at radius 2 is 1.92 bits per heavy atom. The van der Waals surface area contributed by atoms with Gasteiger partial charge in [0.1, 0.15) is 4.83 Å². The highest BCUT2D eigenvalue weighted by Crippen LogP contribution is 2.26. The van der Waals surface area contributed by atoms with E-state index in [0.717, 1.165) is 21.6 Å². The molecule has 0 saturated carbocycles. The Morgan fingerprint density at radius 3 is 2.62 bits per heavy atom. The minimum absolute atomic E-state index is 0.204. The zero-order chi connectivity index (χ0) is 18.8. The summed E-state index contributed by atoms with van der Waals surface area (Å²) >= 11 is 1.47. The third-order valence-electron chi connectivity index (χ3n) is 4.22. The van der Waals surface area contributed by atoms with Gasteiger partial charge in [0.25, 0.3) is 5.56 Å². The molecule has 26 heavy (non-hydrogen) atoms. The number of aromatic amines is 1. The monoisotopic (exact) mass is 368 g/mol. The molecule has 0 radical (unpaired) electrons. The van der Waals surface area contributed by atoms with Crippen molar-refractivity contribution in [3.8, 4) is 0 Å². The molecule has 0 saturated heterocycles. The second-order valence-electron chi connectivity index (χ2n) is 6.24. The van der Waals surface area contributed by atoms with Gasteiger partial charge in [-0.1, -0.05) is 29.8 Å². The summed E-state index contributed by atoms with van der Waals surface area (Å²) in [5.74, 6) is -0.139. The van der Waals surface area contributed by atoms with Crippen LogP contribution in [-0.2, 0) is 9.53 Å². The number of hydrogen-bond donors (Lipinski definition) is 1. The number of H-pyrrole nitrogens is 1. The van der Waals surface area contributed by atoms with Gasteiger partial charge in [-0.2, -0.15) is 0 Å². The van der Waals surface area contributed by atoms with Crippen LogP contribution in [0.4, 0.5) is 0 Å². The summed E-state index contributed by atoms with van der Waals surface area (Å²) in [6.45, 7) is 7.56. The van der Waals surface area contributed by atoms with Crippen LogP contribution in [0, 0.1) is 20.8 Å². The summed E-state index contributed by atoms with van der Waals surface area (Å²) in [4.78, 5) is 33.3. The molecule has 134 valence electrons. The first-order valence-corrected chi connectivity index (χ1v) is 9.12. The Kier molecular flexibility index (Phi) is 5.04. The molecule has 2 aromatic heterocycles. The molecule has 5 nitrogen and oxygen atoms in total. The minimum atomic E-state index is -0.648. The van der Waals surface area contributed by atoms with Crippen molar-refractivity contribution in [1.29, 1.82) is 0 Å². The van der Waals surface area contributed by atoms with Crippen molar-refractivity contribution >= 4 is 33.6 Å². The number of esters is 1.